The maximum absolute atomic E-state index is 5.74. The molecule has 0 amide bonds. The molecule has 0 saturated carbocycles. The van der Waals surface area contributed by atoms with Crippen molar-refractivity contribution >= 4 is 15.9 Å². The zero-order valence-electron chi connectivity index (χ0n) is 9.21. The molecule has 0 radical (unpaired) electrons. The average molecular weight is 285 g/mol. The van der Waals surface area contributed by atoms with Crippen LogP contribution < -0.4 is 11.1 Å². The number of hydrogen-bond acceptors (Lipinski definition) is 3. The molecule has 88 valence electrons. The SMILES string of the molecule is NCC1(CNCc2ccc(Br)cc2)COC1. The summed E-state index contributed by atoms with van der Waals surface area (Å²) in [6, 6.07) is 8.34. The second-order valence-corrected chi connectivity index (χ2v) is 5.34. The molecule has 0 aromatic heterocycles. The van der Waals surface area contributed by atoms with Gasteiger partial charge in [-0.05, 0) is 17.7 Å². The predicted molar refractivity (Wildman–Crippen MR) is 68.2 cm³/mol. The molecule has 1 aromatic carbocycles. The molecule has 0 bridgehead atoms. The lowest BCUT2D eigenvalue weighted by Gasteiger charge is -2.40. The zero-order chi connectivity index (χ0) is 11.4. The summed E-state index contributed by atoms with van der Waals surface area (Å²) < 4.78 is 6.33. The Labute approximate surface area is 104 Å². The Morgan fingerprint density at radius 2 is 2.00 bits per heavy atom. The van der Waals surface area contributed by atoms with Gasteiger partial charge < -0.3 is 15.8 Å². The van der Waals surface area contributed by atoms with Gasteiger partial charge in [-0.15, -0.1) is 0 Å². The molecule has 1 saturated heterocycles. The number of ether oxygens (including phenoxy) is 1. The van der Waals surface area contributed by atoms with Crippen LogP contribution in [0.15, 0.2) is 28.7 Å². The van der Waals surface area contributed by atoms with Gasteiger partial charge in [-0.1, -0.05) is 28.1 Å². The minimum atomic E-state index is 0.176. The van der Waals surface area contributed by atoms with Crippen LogP contribution in [0.25, 0.3) is 0 Å². The van der Waals surface area contributed by atoms with Gasteiger partial charge in [0.1, 0.15) is 0 Å². The number of benzene rings is 1. The van der Waals surface area contributed by atoms with Gasteiger partial charge in [0.2, 0.25) is 0 Å². The minimum Gasteiger partial charge on any atom is -0.380 e. The van der Waals surface area contributed by atoms with E-state index < -0.39 is 0 Å². The Bertz CT molecular complexity index is 330. The quantitative estimate of drug-likeness (QED) is 0.862. The Kier molecular flexibility index (Phi) is 3.97. The average Bonchev–Trinajstić information content (AvgIpc) is 2.25. The summed E-state index contributed by atoms with van der Waals surface area (Å²) in [5.41, 5.74) is 7.21. The van der Waals surface area contributed by atoms with Gasteiger partial charge in [0, 0.05) is 29.5 Å². The van der Waals surface area contributed by atoms with Crippen molar-refractivity contribution in [3.63, 3.8) is 0 Å². The van der Waals surface area contributed by atoms with E-state index in [1.165, 1.54) is 5.56 Å². The van der Waals surface area contributed by atoms with Crippen molar-refractivity contribution in [3.8, 4) is 0 Å². The highest BCUT2D eigenvalue weighted by atomic mass is 79.9. The van der Waals surface area contributed by atoms with Crippen LogP contribution in [0.2, 0.25) is 0 Å². The van der Waals surface area contributed by atoms with E-state index in [-0.39, 0.29) is 5.41 Å². The van der Waals surface area contributed by atoms with Crippen molar-refractivity contribution in [2.75, 3.05) is 26.3 Å². The molecule has 0 atom stereocenters. The van der Waals surface area contributed by atoms with E-state index in [1.54, 1.807) is 0 Å². The molecule has 0 unspecified atom stereocenters. The van der Waals surface area contributed by atoms with Gasteiger partial charge in [0.05, 0.1) is 13.2 Å². The molecule has 16 heavy (non-hydrogen) atoms. The van der Waals surface area contributed by atoms with Gasteiger partial charge >= 0.3 is 0 Å². The first-order chi connectivity index (χ1) is 7.74. The molecule has 2 rings (SSSR count). The highest BCUT2D eigenvalue weighted by Gasteiger charge is 2.36. The maximum Gasteiger partial charge on any atom is 0.0569 e. The number of halogens is 1. The Balaban J connectivity index is 1.77. The lowest BCUT2D eigenvalue weighted by Crippen LogP contribution is -2.54. The Morgan fingerprint density at radius 3 is 2.50 bits per heavy atom. The summed E-state index contributed by atoms with van der Waals surface area (Å²) in [6.45, 7) is 4.09. The third kappa shape index (κ3) is 2.83. The van der Waals surface area contributed by atoms with Gasteiger partial charge in [-0.25, -0.2) is 0 Å². The number of nitrogens with one attached hydrogen (secondary N) is 1. The van der Waals surface area contributed by atoms with Crippen LogP contribution in [0.4, 0.5) is 0 Å². The lowest BCUT2D eigenvalue weighted by atomic mass is 9.86. The van der Waals surface area contributed by atoms with Gasteiger partial charge in [0.25, 0.3) is 0 Å². The van der Waals surface area contributed by atoms with Crippen LogP contribution in [-0.4, -0.2) is 26.3 Å². The van der Waals surface area contributed by atoms with Crippen molar-refractivity contribution in [1.29, 1.82) is 0 Å². The third-order valence-electron chi connectivity index (χ3n) is 2.99. The molecule has 0 spiro atoms. The molecule has 1 aliphatic heterocycles. The van der Waals surface area contributed by atoms with Gasteiger partial charge in [0.15, 0.2) is 0 Å². The van der Waals surface area contributed by atoms with Crippen LogP contribution in [-0.2, 0) is 11.3 Å². The van der Waals surface area contributed by atoms with Crippen molar-refractivity contribution in [2.24, 2.45) is 11.1 Å². The van der Waals surface area contributed by atoms with E-state index in [4.69, 9.17) is 10.5 Å². The predicted octanol–water partition coefficient (Wildman–Crippen LogP) is 1.51. The van der Waals surface area contributed by atoms with Crippen molar-refractivity contribution in [2.45, 2.75) is 6.54 Å². The molecule has 1 aliphatic rings. The largest absolute Gasteiger partial charge is 0.380 e. The fourth-order valence-electron chi connectivity index (χ4n) is 1.76. The fourth-order valence-corrected chi connectivity index (χ4v) is 2.02. The highest BCUT2D eigenvalue weighted by molar-refractivity contribution is 9.10. The van der Waals surface area contributed by atoms with Crippen LogP contribution in [0, 0.1) is 5.41 Å². The number of rotatable bonds is 5. The van der Waals surface area contributed by atoms with E-state index in [0.29, 0.717) is 6.54 Å². The molecule has 0 aliphatic carbocycles. The van der Waals surface area contributed by atoms with E-state index >= 15 is 0 Å². The first kappa shape index (κ1) is 12.0. The standard InChI is InChI=1S/C12H17BrN2O/c13-11-3-1-10(2-4-11)5-15-7-12(6-14)8-16-9-12/h1-4,15H,5-9,14H2. The third-order valence-corrected chi connectivity index (χ3v) is 3.52. The second-order valence-electron chi connectivity index (χ2n) is 4.43. The van der Waals surface area contributed by atoms with E-state index in [0.717, 1.165) is 30.8 Å². The summed E-state index contributed by atoms with van der Waals surface area (Å²) in [5.74, 6) is 0. The molecule has 4 heteroatoms. The molecular weight excluding hydrogens is 268 g/mol. The molecule has 3 nitrogen and oxygen atoms in total. The first-order valence-electron chi connectivity index (χ1n) is 5.47. The van der Waals surface area contributed by atoms with Crippen LogP contribution in [0.5, 0.6) is 0 Å². The topological polar surface area (TPSA) is 47.3 Å². The molecule has 1 fully saturated rings. The highest BCUT2D eigenvalue weighted by Crippen LogP contribution is 2.24. The molecule has 1 aromatic rings. The summed E-state index contributed by atoms with van der Waals surface area (Å²) in [5, 5.41) is 3.44. The monoisotopic (exact) mass is 284 g/mol. The first-order valence-corrected chi connectivity index (χ1v) is 6.26. The normalized spacial score (nSPS) is 18.1. The lowest BCUT2D eigenvalue weighted by molar-refractivity contribution is -0.105. The van der Waals surface area contributed by atoms with Crippen molar-refractivity contribution in [1.82, 2.24) is 5.32 Å². The second kappa shape index (κ2) is 5.27. The minimum absolute atomic E-state index is 0.176. The summed E-state index contributed by atoms with van der Waals surface area (Å²) >= 11 is 3.42. The maximum atomic E-state index is 5.74. The number of hydrogen-bond donors (Lipinski definition) is 2. The van der Waals surface area contributed by atoms with Gasteiger partial charge in [-0.3, -0.25) is 0 Å². The molecule has 3 N–H and O–H groups in total. The van der Waals surface area contributed by atoms with Crippen molar-refractivity contribution in [3.05, 3.63) is 34.3 Å². The molecule has 1 heterocycles. The summed E-state index contributed by atoms with van der Waals surface area (Å²) in [6.07, 6.45) is 0. The van der Waals surface area contributed by atoms with Crippen LogP contribution in [0.1, 0.15) is 5.56 Å². The fraction of sp³-hybridized carbons (Fsp3) is 0.500. The van der Waals surface area contributed by atoms with Crippen LogP contribution in [0.3, 0.4) is 0 Å². The zero-order valence-corrected chi connectivity index (χ0v) is 10.8. The van der Waals surface area contributed by atoms with E-state index in [1.807, 2.05) is 0 Å². The van der Waals surface area contributed by atoms with Crippen LogP contribution >= 0.6 is 15.9 Å². The van der Waals surface area contributed by atoms with Crippen molar-refractivity contribution < 1.29 is 4.74 Å². The van der Waals surface area contributed by atoms with E-state index in [2.05, 4.69) is 45.5 Å². The van der Waals surface area contributed by atoms with Gasteiger partial charge in [-0.2, -0.15) is 0 Å². The summed E-state index contributed by atoms with van der Waals surface area (Å²) in [7, 11) is 0. The Morgan fingerprint density at radius 1 is 1.31 bits per heavy atom. The Hall–Kier alpha value is -0.420. The smallest absolute Gasteiger partial charge is 0.0569 e. The van der Waals surface area contributed by atoms with E-state index in [9.17, 15) is 0 Å². The molecular formula is C12H17BrN2O. The summed E-state index contributed by atoms with van der Waals surface area (Å²) in [4.78, 5) is 0. The number of nitrogens with two attached hydrogens (primary N) is 1.